The van der Waals surface area contributed by atoms with E-state index in [0.717, 1.165) is 0 Å². The molecule has 0 saturated carbocycles. The molecule has 1 aromatic carbocycles. The van der Waals surface area contributed by atoms with E-state index >= 15 is 0 Å². The van der Waals surface area contributed by atoms with Crippen LogP contribution in [0.1, 0.15) is 24.7 Å². The Bertz CT molecular complexity index is 370. The number of rotatable bonds is 5. The first-order chi connectivity index (χ1) is 7.95. The van der Waals surface area contributed by atoms with Gasteiger partial charge in [-0.1, -0.05) is 35.9 Å². The molecule has 0 aromatic heterocycles. The molecule has 0 amide bonds. The van der Waals surface area contributed by atoms with Crippen LogP contribution in [-0.4, -0.2) is 19.6 Å². The molecular formula is C11H13BF3KO2. The van der Waals surface area contributed by atoms with Crippen LogP contribution in [0.4, 0.5) is 12.9 Å². The Kier molecular flexibility index (Phi) is 8.46. The maximum Gasteiger partial charge on any atom is 1.00 e. The minimum atomic E-state index is -5.11. The van der Waals surface area contributed by atoms with Crippen molar-refractivity contribution in [3.05, 3.63) is 35.9 Å². The number of esters is 1. The van der Waals surface area contributed by atoms with Crippen LogP contribution in [0.2, 0.25) is 0 Å². The molecule has 0 bridgehead atoms. The van der Waals surface area contributed by atoms with E-state index in [4.69, 9.17) is 0 Å². The molecule has 18 heavy (non-hydrogen) atoms. The van der Waals surface area contributed by atoms with E-state index in [-0.39, 0.29) is 63.6 Å². The zero-order chi connectivity index (χ0) is 12.9. The second-order valence-electron chi connectivity index (χ2n) is 3.65. The molecule has 0 saturated heterocycles. The van der Waals surface area contributed by atoms with E-state index in [1.165, 1.54) is 24.3 Å². The summed E-state index contributed by atoms with van der Waals surface area (Å²) in [5, 5.41) is 0. The first-order valence-electron chi connectivity index (χ1n) is 5.35. The van der Waals surface area contributed by atoms with Crippen molar-refractivity contribution in [3.63, 3.8) is 0 Å². The van der Waals surface area contributed by atoms with E-state index in [9.17, 15) is 17.7 Å². The molecule has 2 nitrogen and oxygen atoms in total. The number of hydrogen-bond acceptors (Lipinski definition) is 2. The van der Waals surface area contributed by atoms with Gasteiger partial charge in [0.15, 0.2) is 0 Å². The molecule has 0 aliphatic heterocycles. The number of ether oxygens (including phenoxy) is 1. The van der Waals surface area contributed by atoms with E-state index in [0.29, 0.717) is 0 Å². The second-order valence-corrected chi connectivity index (χ2v) is 3.65. The van der Waals surface area contributed by atoms with Crippen LogP contribution in [0.5, 0.6) is 0 Å². The zero-order valence-corrected chi connectivity index (χ0v) is 13.5. The van der Waals surface area contributed by atoms with Crippen LogP contribution in [-0.2, 0) is 9.53 Å². The summed E-state index contributed by atoms with van der Waals surface area (Å²) in [6.07, 6.45) is -0.651. The zero-order valence-electron chi connectivity index (χ0n) is 10.4. The standard InChI is InChI=1S/C11H13BF3O2.K/c1-2-17-11(16)8-10(12(13,14)15)9-6-4-3-5-7-9;/h3-7,10H,2,8H2,1H3;/q-1;+1. The predicted octanol–water partition coefficient (Wildman–Crippen LogP) is 0.114. The van der Waals surface area contributed by atoms with Gasteiger partial charge in [-0.05, 0) is 12.7 Å². The van der Waals surface area contributed by atoms with Crippen LogP contribution >= 0.6 is 0 Å². The quantitative estimate of drug-likeness (QED) is 0.567. The molecule has 0 heterocycles. The average molecular weight is 284 g/mol. The Morgan fingerprint density at radius 3 is 2.28 bits per heavy atom. The number of carbonyl (C=O) groups is 1. The van der Waals surface area contributed by atoms with Crippen molar-refractivity contribution in [2.45, 2.75) is 19.2 Å². The fourth-order valence-corrected chi connectivity index (χ4v) is 1.57. The molecule has 0 fully saturated rings. The van der Waals surface area contributed by atoms with Gasteiger partial charge in [-0.15, -0.1) is 0 Å². The molecule has 7 heteroatoms. The van der Waals surface area contributed by atoms with E-state index < -0.39 is 25.2 Å². The van der Waals surface area contributed by atoms with E-state index in [1.807, 2.05) is 0 Å². The van der Waals surface area contributed by atoms with Crippen LogP contribution in [0, 0.1) is 0 Å². The molecule has 1 unspecified atom stereocenters. The van der Waals surface area contributed by atoms with Crippen molar-refractivity contribution in [1.82, 2.24) is 0 Å². The van der Waals surface area contributed by atoms with Crippen molar-refractivity contribution in [2.24, 2.45) is 0 Å². The van der Waals surface area contributed by atoms with Gasteiger partial charge in [0.2, 0.25) is 0 Å². The monoisotopic (exact) mass is 284 g/mol. The molecular weight excluding hydrogens is 271 g/mol. The molecule has 1 aromatic rings. The maximum atomic E-state index is 12.9. The Hall–Kier alpha value is 0.181. The first-order valence-corrected chi connectivity index (χ1v) is 5.35. The van der Waals surface area contributed by atoms with Gasteiger partial charge in [0, 0.05) is 6.42 Å². The van der Waals surface area contributed by atoms with E-state index in [2.05, 4.69) is 4.74 Å². The second kappa shape index (κ2) is 8.37. The third kappa shape index (κ3) is 5.88. The number of carbonyl (C=O) groups excluding carboxylic acids is 1. The molecule has 0 aliphatic carbocycles. The summed E-state index contributed by atoms with van der Waals surface area (Å²) < 4.78 is 43.1. The minimum absolute atomic E-state index is 0. The molecule has 0 N–H and O–H groups in total. The molecule has 1 rings (SSSR count). The van der Waals surface area contributed by atoms with Crippen molar-refractivity contribution in [2.75, 3.05) is 6.61 Å². The Labute approximate surface area is 147 Å². The fraction of sp³-hybridized carbons (Fsp3) is 0.364. The summed E-state index contributed by atoms with van der Waals surface area (Å²) in [7, 11) is 0. The largest absolute Gasteiger partial charge is 1.00 e. The van der Waals surface area contributed by atoms with Crippen LogP contribution in [0.15, 0.2) is 30.3 Å². The molecule has 0 aliphatic rings. The van der Waals surface area contributed by atoms with Gasteiger partial charge in [-0.2, -0.15) is 0 Å². The summed E-state index contributed by atoms with van der Waals surface area (Å²) in [4.78, 5) is 11.2. The van der Waals surface area contributed by atoms with Crippen molar-refractivity contribution in [1.29, 1.82) is 0 Å². The van der Waals surface area contributed by atoms with Gasteiger partial charge >= 0.3 is 64.3 Å². The minimum Gasteiger partial charge on any atom is -0.466 e. The maximum absolute atomic E-state index is 12.9. The SMILES string of the molecule is CCOC(=O)CC(c1ccccc1)[B-](F)(F)F.[K+]. The van der Waals surface area contributed by atoms with Crippen LogP contribution in [0.25, 0.3) is 0 Å². The number of halogens is 3. The fourth-order valence-electron chi connectivity index (χ4n) is 1.57. The van der Waals surface area contributed by atoms with Gasteiger partial charge in [-0.25, -0.2) is 0 Å². The van der Waals surface area contributed by atoms with Crippen LogP contribution < -0.4 is 51.4 Å². The molecule has 0 spiro atoms. The molecule has 0 radical (unpaired) electrons. The van der Waals surface area contributed by atoms with Gasteiger partial charge in [0.1, 0.15) is 0 Å². The Balaban J connectivity index is 0.00000289. The summed E-state index contributed by atoms with van der Waals surface area (Å²) >= 11 is 0. The van der Waals surface area contributed by atoms with Crippen molar-refractivity contribution in [3.8, 4) is 0 Å². The third-order valence-corrected chi connectivity index (χ3v) is 2.38. The van der Waals surface area contributed by atoms with Gasteiger partial charge in [-0.3, -0.25) is 4.79 Å². The average Bonchev–Trinajstić information content (AvgIpc) is 2.26. The topological polar surface area (TPSA) is 26.3 Å². The predicted molar refractivity (Wildman–Crippen MR) is 59.5 cm³/mol. The molecule has 94 valence electrons. The van der Waals surface area contributed by atoms with E-state index in [1.54, 1.807) is 13.0 Å². The smallest absolute Gasteiger partial charge is 0.466 e. The van der Waals surface area contributed by atoms with Gasteiger partial charge < -0.3 is 17.7 Å². The molecule has 1 atom stereocenters. The summed E-state index contributed by atoms with van der Waals surface area (Å²) in [5.74, 6) is -2.56. The normalized spacial score (nSPS) is 12.4. The number of benzene rings is 1. The Morgan fingerprint density at radius 2 is 1.83 bits per heavy atom. The van der Waals surface area contributed by atoms with Gasteiger partial charge in [0.05, 0.1) is 6.61 Å². The number of hydrogen-bond donors (Lipinski definition) is 0. The first kappa shape index (κ1) is 18.2. The Morgan fingerprint density at radius 1 is 1.28 bits per heavy atom. The van der Waals surface area contributed by atoms with Crippen molar-refractivity contribution < 1.29 is 73.9 Å². The summed E-state index contributed by atoms with van der Waals surface area (Å²) in [6.45, 7) is -3.46. The third-order valence-electron chi connectivity index (χ3n) is 2.38. The summed E-state index contributed by atoms with van der Waals surface area (Å²) in [6, 6.07) is 7.43. The summed E-state index contributed by atoms with van der Waals surface area (Å²) in [5.41, 5.74) is 0.105. The van der Waals surface area contributed by atoms with Crippen molar-refractivity contribution >= 4 is 12.9 Å². The van der Waals surface area contributed by atoms with Gasteiger partial charge in [0.25, 0.3) is 0 Å². The van der Waals surface area contributed by atoms with Crippen LogP contribution in [0.3, 0.4) is 0 Å².